The Labute approximate surface area is 193 Å². The number of ether oxygens (including phenoxy) is 4. The standard InChI is InChI=1S/C23H22F3NO7/c1-22(2,3)34-21(30)27-12-17(28)31-14-9-10-15-16(11-14)33-20(23(24,25)26)19(18(15)29)32-13-7-5-4-6-8-13/h4-11,15-16H,12H2,1-3H3,(H,27,30). The number of esters is 1. The van der Waals surface area contributed by atoms with Crippen LogP contribution in [-0.2, 0) is 23.8 Å². The SMILES string of the molecule is CC(C)(C)OC(=O)NCC(=O)OC1=CC2OC(C(F)(F)F)=C(Oc3ccccc3)C(=O)C2C=C1. The van der Waals surface area contributed by atoms with Crippen molar-refractivity contribution in [3.63, 3.8) is 0 Å². The van der Waals surface area contributed by atoms with Crippen molar-refractivity contribution in [3.8, 4) is 5.75 Å². The predicted octanol–water partition coefficient (Wildman–Crippen LogP) is 3.95. The van der Waals surface area contributed by atoms with E-state index in [2.05, 4.69) is 5.32 Å². The highest BCUT2D eigenvalue weighted by Crippen LogP contribution is 2.39. The second kappa shape index (κ2) is 9.62. The second-order valence-electron chi connectivity index (χ2n) is 8.30. The lowest BCUT2D eigenvalue weighted by molar-refractivity contribution is -0.156. The van der Waals surface area contributed by atoms with Crippen molar-refractivity contribution in [2.75, 3.05) is 6.54 Å². The summed E-state index contributed by atoms with van der Waals surface area (Å²) in [6.07, 6.45) is -3.62. The number of ketones is 1. The maximum absolute atomic E-state index is 13.6. The van der Waals surface area contributed by atoms with Gasteiger partial charge in [0.15, 0.2) is 0 Å². The summed E-state index contributed by atoms with van der Waals surface area (Å²) in [7, 11) is 0. The van der Waals surface area contributed by atoms with Gasteiger partial charge >= 0.3 is 18.2 Å². The largest absolute Gasteiger partial charge is 0.477 e. The van der Waals surface area contributed by atoms with Gasteiger partial charge in [0.05, 0.1) is 5.92 Å². The van der Waals surface area contributed by atoms with E-state index in [1.54, 1.807) is 39.0 Å². The van der Waals surface area contributed by atoms with Crippen LogP contribution in [0.2, 0.25) is 0 Å². The monoisotopic (exact) mass is 481 g/mol. The fourth-order valence-corrected chi connectivity index (χ4v) is 3.02. The molecule has 1 aliphatic heterocycles. The summed E-state index contributed by atoms with van der Waals surface area (Å²) in [5, 5.41) is 2.20. The molecule has 1 amide bonds. The second-order valence-corrected chi connectivity index (χ2v) is 8.30. The van der Waals surface area contributed by atoms with Crippen molar-refractivity contribution in [3.05, 3.63) is 65.8 Å². The molecular formula is C23H22F3NO7. The number of carbonyl (C=O) groups is 3. The van der Waals surface area contributed by atoms with Crippen LogP contribution in [0.3, 0.4) is 0 Å². The molecule has 0 radical (unpaired) electrons. The Kier molecular flexibility index (Phi) is 7.04. The highest BCUT2D eigenvalue weighted by Gasteiger charge is 2.50. The van der Waals surface area contributed by atoms with Crippen molar-refractivity contribution in [2.45, 2.75) is 38.7 Å². The molecule has 1 aromatic rings. The van der Waals surface area contributed by atoms with Crippen LogP contribution < -0.4 is 10.1 Å². The van der Waals surface area contributed by atoms with Crippen molar-refractivity contribution in [1.29, 1.82) is 0 Å². The average molecular weight is 481 g/mol. The van der Waals surface area contributed by atoms with E-state index in [0.29, 0.717) is 0 Å². The third-order valence-corrected chi connectivity index (χ3v) is 4.37. The normalized spacial score (nSPS) is 20.1. The van der Waals surface area contributed by atoms with E-state index in [-0.39, 0.29) is 11.5 Å². The summed E-state index contributed by atoms with van der Waals surface area (Å²) in [5.41, 5.74) is -0.769. The molecule has 2 aliphatic rings. The molecule has 0 aromatic heterocycles. The van der Waals surface area contributed by atoms with E-state index in [1.807, 2.05) is 0 Å². The number of alkyl carbamates (subject to hydrolysis) is 1. The molecule has 1 aliphatic carbocycles. The van der Waals surface area contributed by atoms with E-state index in [1.165, 1.54) is 24.3 Å². The molecular weight excluding hydrogens is 459 g/mol. The minimum Gasteiger partial charge on any atom is -0.477 e. The fourth-order valence-electron chi connectivity index (χ4n) is 3.02. The molecule has 3 rings (SSSR count). The third-order valence-electron chi connectivity index (χ3n) is 4.37. The summed E-state index contributed by atoms with van der Waals surface area (Å²) in [4.78, 5) is 36.4. The quantitative estimate of drug-likeness (QED) is 0.636. The van der Waals surface area contributed by atoms with Gasteiger partial charge < -0.3 is 24.3 Å². The highest BCUT2D eigenvalue weighted by atomic mass is 19.4. The van der Waals surface area contributed by atoms with E-state index in [4.69, 9.17) is 18.9 Å². The maximum atomic E-state index is 13.6. The van der Waals surface area contributed by atoms with Gasteiger partial charge in [0, 0.05) is 0 Å². The molecule has 0 spiro atoms. The predicted molar refractivity (Wildman–Crippen MR) is 111 cm³/mol. The molecule has 0 bridgehead atoms. The fraction of sp³-hybridized carbons (Fsp3) is 0.348. The first kappa shape index (κ1) is 24.9. The summed E-state index contributed by atoms with van der Waals surface area (Å²) in [6.45, 7) is 4.38. The van der Waals surface area contributed by atoms with Gasteiger partial charge in [0.1, 0.15) is 29.8 Å². The van der Waals surface area contributed by atoms with Crippen molar-refractivity contribution >= 4 is 17.8 Å². The zero-order valence-corrected chi connectivity index (χ0v) is 18.5. The number of hydrogen-bond donors (Lipinski definition) is 1. The number of amides is 1. The smallest absolute Gasteiger partial charge is 0.453 e. The Morgan fingerprint density at radius 3 is 2.41 bits per heavy atom. The number of allylic oxidation sites excluding steroid dienone is 3. The number of carbonyl (C=O) groups excluding carboxylic acids is 3. The molecule has 0 saturated carbocycles. The number of rotatable bonds is 5. The first-order valence-corrected chi connectivity index (χ1v) is 10.2. The summed E-state index contributed by atoms with van der Waals surface area (Å²) in [6, 6.07) is 7.53. The van der Waals surface area contributed by atoms with Crippen LogP contribution in [0.5, 0.6) is 5.75 Å². The van der Waals surface area contributed by atoms with Gasteiger partial charge in [-0.15, -0.1) is 0 Å². The van der Waals surface area contributed by atoms with E-state index in [9.17, 15) is 27.6 Å². The lowest BCUT2D eigenvalue weighted by atomic mass is 9.89. The molecule has 34 heavy (non-hydrogen) atoms. The topological polar surface area (TPSA) is 100 Å². The van der Waals surface area contributed by atoms with Gasteiger partial charge in [-0.1, -0.05) is 24.3 Å². The third kappa shape index (κ3) is 6.40. The first-order valence-electron chi connectivity index (χ1n) is 10.2. The number of para-hydroxylation sites is 1. The lowest BCUT2D eigenvalue weighted by Crippen LogP contribution is -2.41. The minimum absolute atomic E-state index is 0.0390. The number of fused-ring (bicyclic) bond motifs is 1. The molecule has 8 nitrogen and oxygen atoms in total. The Morgan fingerprint density at radius 1 is 1.12 bits per heavy atom. The molecule has 1 heterocycles. The average Bonchev–Trinajstić information content (AvgIpc) is 2.73. The molecule has 2 unspecified atom stereocenters. The van der Waals surface area contributed by atoms with Crippen LogP contribution in [-0.4, -0.2) is 42.3 Å². The summed E-state index contributed by atoms with van der Waals surface area (Å²) in [5.74, 6) is -5.59. The molecule has 2 atom stereocenters. The van der Waals surface area contributed by atoms with Gasteiger partial charge in [-0.25, -0.2) is 9.59 Å². The van der Waals surface area contributed by atoms with Crippen LogP contribution in [0.25, 0.3) is 0 Å². The van der Waals surface area contributed by atoms with E-state index in [0.717, 1.165) is 6.08 Å². The number of nitrogens with one attached hydrogen (secondary N) is 1. The Balaban J connectivity index is 1.72. The molecule has 0 fully saturated rings. The summed E-state index contributed by atoms with van der Waals surface area (Å²) < 4.78 is 61.2. The minimum atomic E-state index is -5.01. The Bertz CT molecular complexity index is 1050. The van der Waals surface area contributed by atoms with Crippen molar-refractivity contribution in [1.82, 2.24) is 5.32 Å². The van der Waals surface area contributed by atoms with Gasteiger partial charge in [0.25, 0.3) is 0 Å². The summed E-state index contributed by atoms with van der Waals surface area (Å²) >= 11 is 0. The van der Waals surface area contributed by atoms with Crippen molar-refractivity contribution < 1.29 is 46.5 Å². The van der Waals surface area contributed by atoms with Gasteiger partial charge in [-0.05, 0) is 45.1 Å². The highest BCUT2D eigenvalue weighted by molar-refractivity contribution is 5.99. The zero-order valence-electron chi connectivity index (χ0n) is 18.5. The van der Waals surface area contributed by atoms with Crippen molar-refractivity contribution in [2.24, 2.45) is 5.92 Å². The molecule has 1 N–H and O–H groups in total. The van der Waals surface area contributed by atoms with E-state index < -0.39 is 59.7 Å². The number of hydrogen-bond acceptors (Lipinski definition) is 7. The maximum Gasteiger partial charge on any atom is 0.453 e. The Hall–Kier alpha value is -3.76. The van der Waals surface area contributed by atoms with Crippen LogP contribution in [0.15, 0.2) is 65.8 Å². The van der Waals surface area contributed by atoms with Gasteiger partial charge in [-0.3, -0.25) is 4.79 Å². The van der Waals surface area contributed by atoms with Crippen LogP contribution in [0.4, 0.5) is 18.0 Å². The number of alkyl halides is 3. The number of halogens is 3. The van der Waals surface area contributed by atoms with Gasteiger partial charge in [-0.2, -0.15) is 13.2 Å². The molecule has 0 saturated heterocycles. The van der Waals surface area contributed by atoms with Gasteiger partial charge in [0.2, 0.25) is 17.3 Å². The Morgan fingerprint density at radius 2 is 1.79 bits per heavy atom. The van der Waals surface area contributed by atoms with Crippen LogP contribution in [0, 0.1) is 5.92 Å². The lowest BCUT2D eigenvalue weighted by Gasteiger charge is -2.33. The van der Waals surface area contributed by atoms with Crippen LogP contribution >= 0.6 is 0 Å². The first-order chi connectivity index (χ1) is 15.8. The van der Waals surface area contributed by atoms with E-state index >= 15 is 0 Å². The van der Waals surface area contributed by atoms with Crippen LogP contribution in [0.1, 0.15) is 20.8 Å². The molecule has 1 aromatic carbocycles. The number of benzene rings is 1. The number of Topliss-reactive ketones (excluding diaryl/α,β-unsaturated/α-hetero) is 1. The molecule has 182 valence electrons. The zero-order chi connectivity index (χ0) is 25.1. The molecule has 11 heteroatoms.